The van der Waals surface area contributed by atoms with Crippen LogP contribution in [0.25, 0.3) is 0 Å². The Morgan fingerprint density at radius 2 is 2.50 bits per heavy atom. The Bertz CT molecular complexity index is 237. The molecule has 1 aromatic heterocycles. The molecule has 0 spiro atoms. The average Bonchev–Trinajstić information content (AvgIpc) is 2.39. The van der Waals surface area contributed by atoms with E-state index in [0.29, 0.717) is 5.69 Å². The van der Waals surface area contributed by atoms with Crippen molar-refractivity contribution in [3.8, 4) is 0 Å². The van der Waals surface area contributed by atoms with E-state index in [4.69, 9.17) is 10.8 Å². The predicted molar refractivity (Wildman–Crippen MR) is 46.4 cm³/mol. The van der Waals surface area contributed by atoms with Crippen LogP contribution >= 0.6 is 0 Å². The molecule has 4 N–H and O–H groups in total. The van der Waals surface area contributed by atoms with Gasteiger partial charge < -0.3 is 15.8 Å². The van der Waals surface area contributed by atoms with Gasteiger partial charge in [-0.25, -0.2) is 4.98 Å². The zero-order valence-electron chi connectivity index (χ0n) is 5.82. The van der Waals surface area contributed by atoms with Gasteiger partial charge in [-0.1, -0.05) is 0 Å². The zero-order valence-corrected chi connectivity index (χ0v) is 5.82. The number of aliphatic carboxylic acids is 1. The number of carboxylic acid groups (broad SMARTS) is 1. The Balaban J connectivity index is 0.00000121. The summed E-state index contributed by atoms with van der Waals surface area (Å²) in [6, 6.07) is -0.863. The van der Waals surface area contributed by atoms with Crippen LogP contribution in [-0.4, -0.2) is 72.6 Å². The van der Waals surface area contributed by atoms with Crippen molar-refractivity contribution >= 4 is 51.5 Å². The first kappa shape index (κ1) is 12.1. The molecule has 0 radical (unpaired) electrons. The van der Waals surface area contributed by atoms with E-state index in [9.17, 15) is 4.79 Å². The van der Waals surface area contributed by atoms with Gasteiger partial charge in [0.25, 0.3) is 0 Å². The van der Waals surface area contributed by atoms with Gasteiger partial charge in [0.05, 0.1) is 12.0 Å². The number of imidazole rings is 1. The van der Waals surface area contributed by atoms with Crippen molar-refractivity contribution in [2.45, 2.75) is 12.5 Å². The van der Waals surface area contributed by atoms with Crippen LogP contribution in [0.4, 0.5) is 0 Å². The first-order valence-corrected chi connectivity index (χ1v) is 3.16. The summed E-state index contributed by atoms with van der Waals surface area (Å²) in [5, 5.41) is 8.42. The minimum atomic E-state index is -1.01. The molecule has 0 saturated carbocycles. The molecule has 1 atom stereocenters. The average molecular weight is 245 g/mol. The molecule has 0 aromatic carbocycles. The van der Waals surface area contributed by atoms with Crippen LogP contribution < -0.4 is 5.73 Å². The fourth-order valence-corrected chi connectivity index (χ4v) is 0.715. The van der Waals surface area contributed by atoms with Crippen LogP contribution in [-0.2, 0) is 11.2 Å². The third-order valence-corrected chi connectivity index (χ3v) is 1.30. The van der Waals surface area contributed by atoms with E-state index in [0.717, 1.165) is 0 Å². The van der Waals surface area contributed by atoms with Crippen LogP contribution in [0, 0.1) is 0 Å². The number of hydrogen-bond acceptors (Lipinski definition) is 3. The van der Waals surface area contributed by atoms with Crippen molar-refractivity contribution in [1.29, 1.82) is 0 Å². The minimum absolute atomic E-state index is 0. The molecular weight excluding hydrogens is 234 g/mol. The van der Waals surface area contributed by atoms with E-state index in [1.165, 1.54) is 6.33 Å². The summed E-state index contributed by atoms with van der Waals surface area (Å²) in [7, 11) is 0. The van der Waals surface area contributed by atoms with Crippen molar-refractivity contribution in [3.05, 3.63) is 18.2 Å². The second-order valence-corrected chi connectivity index (χ2v) is 2.21. The summed E-state index contributed by atoms with van der Waals surface area (Å²) >= 11 is 0. The number of rotatable bonds is 3. The van der Waals surface area contributed by atoms with Crippen LogP contribution in [0.1, 0.15) is 5.69 Å². The van der Waals surface area contributed by atoms with Gasteiger partial charge in [-0.05, 0) is 0 Å². The van der Waals surface area contributed by atoms with E-state index < -0.39 is 12.0 Å². The van der Waals surface area contributed by atoms with Crippen molar-refractivity contribution < 1.29 is 9.90 Å². The first-order valence-electron chi connectivity index (χ1n) is 3.16. The molecule has 0 fully saturated rings. The van der Waals surface area contributed by atoms with Crippen LogP contribution in [0.3, 0.4) is 0 Å². The van der Waals surface area contributed by atoms with Gasteiger partial charge in [-0.2, -0.15) is 0 Å². The normalized spacial score (nSPS) is 11.8. The molecule has 6 heteroatoms. The number of hydrogen-bond donors (Lipinski definition) is 3. The van der Waals surface area contributed by atoms with Gasteiger partial charge in [0.2, 0.25) is 0 Å². The van der Waals surface area contributed by atoms with Crippen molar-refractivity contribution in [2.75, 3.05) is 0 Å². The van der Waals surface area contributed by atoms with E-state index in [2.05, 4.69) is 9.97 Å². The SMILES string of the molecule is NC(Cc1c[nH]cn1)C(=O)O.[SrH2]. The van der Waals surface area contributed by atoms with E-state index in [1.807, 2.05) is 0 Å². The molecule has 0 amide bonds. The van der Waals surface area contributed by atoms with Crippen molar-refractivity contribution in [2.24, 2.45) is 5.73 Å². The maximum atomic E-state index is 10.3. The molecule has 12 heavy (non-hydrogen) atoms. The number of H-pyrrole nitrogens is 1. The van der Waals surface area contributed by atoms with Gasteiger partial charge in [-0.15, -0.1) is 0 Å². The molecule has 1 unspecified atom stereocenters. The van der Waals surface area contributed by atoms with Gasteiger partial charge in [0.1, 0.15) is 6.04 Å². The molecule has 1 rings (SSSR count). The molecule has 1 aromatic rings. The van der Waals surface area contributed by atoms with Crippen LogP contribution in [0.2, 0.25) is 0 Å². The van der Waals surface area contributed by atoms with Gasteiger partial charge in [0.15, 0.2) is 0 Å². The van der Waals surface area contributed by atoms with Crippen LogP contribution in [0.15, 0.2) is 12.5 Å². The molecule has 5 nitrogen and oxygen atoms in total. The van der Waals surface area contributed by atoms with Crippen LogP contribution in [0.5, 0.6) is 0 Å². The second-order valence-electron chi connectivity index (χ2n) is 2.21. The van der Waals surface area contributed by atoms with E-state index in [1.54, 1.807) is 6.20 Å². The van der Waals surface area contributed by atoms with Gasteiger partial charge >= 0.3 is 51.5 Å². The summed E-state index contributed by atoms with van der Waals surface area (Å²) in [5.41, 5.74) is 5.92. The van der Waals surface area contributed by atoms with Gasteiger partial charge in [0, 0.05) is 12.6 Å². The third kappa shape index (κ3) is 3.68. The van der Waals surface area contributed by atoms with Gasteiger partial charge in [-0.3, -0.25) is 4.79 Å². The molecule has 0 bridgehead atoms. The molecule has 0 aliphatic rings. The molecule has 0 aliphatic carbocycles. The monoisotopic (exact) mass is 245 g/mol. The number of carboxylic acids is 1. The Morgan fingerprint density at radius 3 is 2.92 bits per heavy atom. The number of carbonyl (C=O) groups is 1. The molecule has 0 saturated heterocycles. The quantitative estimate of drug-likeness (QED) is 0.562. The summed E-state index contributed by atoms with van der Waals surface area (Å²) in [4.78, 5) is 16.8. The summed E-state index contributed by atoms with van der Waals surface area (Å²) in [6.45, 7) is 0. The second kappa shape index (κ2) is 5.71. The zero-order chi connectivity index (χ0) is 8.27. The number of nitrogens with one attached hydrogen (secondary N) is 1. The molecule has 0 aliphatic heterocycles. The number of aromatic amines is 1. The standard InChI is InChI=1S/C6H9N3O2.Sr.2H/c7-5(6(10)11)1-4-2-8-3-9-4;;;/h2-3,5H,1,7H2,(H,8,9)(H,10,11);;;. The van der Waals surface area contributed by atoms with E-state index in [-0.39, 0.29) is 51.9 Å². The fourth-order valence-electron chi connectivity index (χ4n) is 0.715. The van der Waals surface area contributed by atoms with Crippen molar-refractivity contribution in [1.82, 2.24) is 9.97 Å². The number of nitrogens with zero attached hydrogens (tertiary/aromatic N) is 1. The topological polar surface area (TPSA) is 92.0 Å². The van der Waals surface area contributed by atoms with E-state index >= 15 is 0 Å². The molecule has 64 valence electrons. The maximum absolute atomic E-state index is 10.3. The summed E-state index contributed by atoms with van der Waals surface area (Å²) < 4.78 is 0. The number of aromatic nitrogens is 2. The molecular formula is C6H11N3O2Sr. The fraction of sp³-hybridized carbons (Fsp3) is 0.333. The Kier molecular flexibility index (Phi) is 5.77. The Labute approximate surface area is 107 Å². The van der Waals surface area contributed by atoms with Crippen molar-refractivity contribution in [3.63, 3.8) is 0 Å². The Morgan fingerprint density at radius 1 is 1.83 bits per heavy atom. The first-order chi connectivity index (χ1) is 5.20. The third-order valence-electron chi connectivity index (χ3n) is 1.30. The summed E-state index contributed by atoms with van der Waals surface area (Å²) in [6.07, 6.45) is 3.38. The molecule has 1 heterocycles. The number of nitrogens with two attached hydrogens (primary N) is 1. The predicted octanol–water partition coefficient (Wildman–Crippen LogP) is -1.55. The Hall–Kier alpha value is 0.121. The summed E-state index contributed by atoms with van der Waals surface area (Å²) in [5.74, 6) is -1.01.